The molecule has 3 atom stereocenters. The molecule has 0 aromatic heterocycles. The van der Waals surface area contributed by atoms with E-state index >= 15 is 0 Å². The Balaban J connectivity index is 0.939. The second kappa shape index (κ2) is 10.4. The van der Waals surface area contributed by atoms with Gasteiger partial charge in [-0.1, -0.05) is 67.1 Å². The fourth-order valence-corrected chi connectivity index (χ4v) is 7.06. The van der Waals surface area contributed by atoms with Crippen molar-refractivity contribution in [2.24, 2.45) is 11.3 Å². The highest BCUT2D eigenvalue weighted by molar-refractivity contribution is 5.66. The maximum Gasteiger partial charge on any atom is 0.157 e. The first-order valence-electron chi connectivity index (χ1n) is 14.4. The molecule has 1 heterocycles. The van der Waals surface area contributed by atoms with Crippen molar-refractivity contribution in [3.05, 3.63) is 65.7 Å². The summed E-state index contributed by atoms with van der Waals surface area (Å²) in [5.74, 6) is 0.601. The molecule has 36 heavy (non-hydrogen) atoms. The van der Waals surface area contributed by atoms with Gasteiger partial charge in [-0.15, -0.1) is 0 Å². The van der Waals surface area contributed by atoms with Crippen LogP contribution in [0.15, 0.2) is 54.6 Å². The van der Waals surface area contributed by atoms with Crippen LogP contribution in [0.25, 0.3) is 17.2 Å². The molecular formula is C33H42O3. The Morgan fingerprint density at radius 3 is 2.36 bits per heavy atom. The maximum atomic E-state index is 5.91. The minimum absolute atomic E-state index is 0.0658. The monoisotopic (exact) mass is 486 g/mol. The minimum atomic E-state index is 0.0658. The summed E-state index contributed by atoms with van der Waals surface area (Å²) >= 11 is 0. The Bertz CT molecular complexity index is 1010. The third-order valence-corrected chi connectivity index (χ3v) is 9.12. The summed E-state index contributed by atoms with van der Waals surface area (Å²) in [6.45, 7) is 4.62. The van der Waals surface area contributed by atoms with E-state index in [1.165, 1.54) is 74.5 Å². The van der Waals surface area contributed by atoms with Crippen molar-refractivity contribution in [2.45, 2.75) is 88.9 Å². The lowest BCUT2D eigenvalue weighted by Crippen LogP contribution is -2.64. The second-order valence-corrected chi connectivity index (χ2v) is 11.9. The summed E-state index contributed by atoms with van der Waals surface area (Å²) in [6.07, 6.45) is 17.7. The Kier molecular flexibility index (Phi) is 7.07. The van der Waals surface area contributed by atoms with Crippen molar-refractivity contribution < 1.29 is 14.2 Å². The van der Waals surface area contributed by atoms with Gasteiger partial charge in [0.2, 0.25) is 0 Å². The molecule has 0 spiro atoms. The van der Waals surface area contributed by atoms with Crippen LogP contribution in [-0.4, -0.2) is 32.2 Å². The maximum absolute atomic E-state index is 5.91. The van der Waals surface area contributed by atoms with Crippen LogP contribution >= 0.6 is 0 Å². The van der Waals surface area contributed by atoms with E-state index in [1.54, 1.807) is 5.56 Å². The number of hydrogen-bond donors (Lipinski definition) is 0. The lowest BCUT2D eigenvalue weighted by atomic mass is 9.32. The molecule has 3 unspecified atom stereocenters. The van der Waals surface area contributed by atoms with Gasteiger partial charge in [0, 0.05) is 25.7 Å². The third kappa shape index (κ3) is 5.21. The Labute approximate surface area is 217 Å². The van der Waals surface area contributed by atoms with Gasteiger partial charge in [0.25, 0.3) is 0 Å². The van der Waals surface area contributed by atoms with E-state index < -0.39 is 0 Å². The van der Waals surface area contributed by atoms with E-state index in [2.05, 4.69) is 67.6 Å². The summed E-state index contributed by atoms with van der Waals surface area (Å²) in [5, 5.41) is 0. The highest BCUT2D eigenvalue weighted by Gasteiger charge is 2.67. The van der Waals surface area contributed by atoms with E-state index in [4.69, 9.17) is 14.2 Å². The fraction of sp³-hybridized carbons (Fsp3) is 0.576. The second-order valence-electron chi connectivity index (χ2n) is 11.9. The molecule has 0 amide bonds. The van der Waals surface area contributed by atoms with Crippen molar-refractivity contribution in [1.82, 2.24) is 0 Å². The minimum Gasteiger partial charge on any atom is -0.378 e. The molecule has 1 saturated heterocycles. The first-order chi connectivity index (χ1) is 17.7. The van der Waals surface area contributed by atoms with Gasteiger partial charge >= 0.3 is 0 Å². The number of unbranched alkanes of at least 4 members (excludes halogenated alkanes) is 1. The zero-order valence-electron chi connectivity index (χ0n) is 21.9. The van der Waals surface area contributed by atoms with Gasteiger partial charge in [0.15, 0.2) is 6.29 Å². The number of benzene rings is 2. The first kappa shape index (κ1) is 24.4. The van der Waals surface area contributed by atoms with Gasteiger partial charge in [-0.3, -0.25) is 0 Å². The summed E-state index contributed by atoms with van der Waals surface area (Å²) in [6, 6.07) is 18.4. The first-order valence-corrected chi connectivity index (χ1v) is 14.4. The van der Waals surface area contributed by atoms with Crippen LogP contribution in [0.3, 0.4) is 0 Å². The van der Waals surface area contributed by atoms with Gasteiger partial charge < -0.3 is 14.2 Å². The molecule has 3 nitrogen and oxygen atoms in total. The standard InChI is InChI=1S/C33H42O3/c1-2-34-30-21-28(30)13-10-25-8-11-26(12-9-25)27-14-16-29(17-15-27)33-22-32(23-33,24-33)18-4-6-20-36-31-7-3-5-19-35-31/h8-17,28,30-31H,2-7,18-24H2,1H3/b13-10+. The summed E-state index contributed by atoms with van der Waals surface area (Å²) in [5.41, 5.74) is 6.54. The SMILES string of the molecule is CCOC1CC1/C=C/c1ccc(-c2ccc(C34CC(CCCCOC5CCCCO5)(C3)C4)cc2)cc1. The van der Waals surface area contributed by atoms with E-state index in [0.29, 0.717) is 22.9 Å². The van der Waals surface area contributed by atoms with Crippen LogP contribution < -0.4 is 0 Å². The molecule has 4 saturated carbocycles. The zero-order valence-corrected chi connectivity index (χ0v) is 21.9. The van der Waals surface area contributed by atoms with Crippen LogP contribution in [0, 0.1) is 11.3 Å². The van der Waals surface area contributed by atoms with E-state index in [1.807, 2.05) is 0 Å². The smallest absolute Gasteiger partial charge is 0.157 e. The van der Waals surface area contributed by atoms with Crippen LogP contribution in [0.4, 0.5) is 0 Å². The van der Waals surface area contributed by atoms with Gasteiger partial charge in [0.1, 0.15) is 0 Å². The molecule has 2 aromatic rings. The average Bonchev–Trinajstić information content (AvgIpc) is 3.62. The van der Waals surface area contributed by atoms with Crippen molar-refractivity contribution in [1.29, 1.82) is 0 Å². The van der Waals surface area contributed by atoms with Crippen LogP contribution in [0.2, 0.25) is 0 Å². The largest absolute Gasteiger partial charge is 0.378 e. The highest BCUT2D eigenvalue weighted by Crippen LogP contribution is 2.75. The number of rotatable bonds is 12. The van der Waals surface area contributed by atoms with Crippen LogP contribution in [0.1, 0.15) is 82.3 Å². The molecule has 5 fully saturated rings. The molecule has 2 aromatic carbocycles. The number of ether oxygens (including phenoxy) is 3. The molecule has 7 rings (SSSR count). The van der Waals surface area contributed by atoms with E-state index in [0.717, 1.165) is 26.2 Å². The van der Waals surface area contributed by atoms with Crippen LogP contribution in [-0.2, 0) is 19.6 Å². The molecule has 0 N–H and O–H groups in total. The van der Waals surface area contributed by atoms with E-state index in [-0.39, 0.29) is 6.29 Å². The van der Waals surface area contributed by atoms with Crippen molar-refractivity contribution in [3.63, 3.8) is 0 Å². The van der Waals surface area contributed by atoms with E-state index in [9.17, 15) is 0 Å². The summed E-state index contributed by atoms with van der Waals surface area (Å²) < 4.78 is 17.3. The lowest BCUT2D eigenvalue weighted by Gasteiger charge is -2.72. The van der Waals surface area contributed by atoms with Crippen molar-refractivity contribution in [3.8, 4) is 11.1 Å². The molecule has 3 heteroatoms. The topological polar surface area (TPSA) is 27.7 Å². The van der Waals surface area contributed by atoms with Gasteiger partial charge in [0.05, 0.1) is 6.10 Å². The quantitative estimate of drug-likeness (QED) is 0.285. The van der Waals surface area contributed by atoms with Gasteiger partial charge in [-0.2, -0.15) is 0 Å². The molecule has 1 aliphatic heterocycles. The Hall–Kier alpha value is -1.94. The third-order valence-electron chi connectivity index (χ3n) is 9.12. The molecule has 192 valence electrons. The van der Waals surface area contributed by atoms with Crippen molar-refractivity contribution in [2.75, 3.05) is 19.8 Å². The lowest BCUT2D eigenvalue weighted by molar-refractivity contribution is -0.166. The molecule has 2 bridgehead atoms. The highest BCUT2D eigenvalue weighted by atomic mass is 16.7. The summed E-state index contributed by atoms with van der Waals surface area (Å²) in [7, 11) is 0. The Morgan fingerprint density at radius 1 is 0.917 bits per heavy atom. The summed E-state index contributed by atoms with van der Waals surface area (Å²) in [4.78, 5) is 0. The molecule has 5 aliphatic rings. The van der Waals surface area contributed by atoms with Gasteiger partial charge in [-0.05, 0) is 97.8 Å². The fourth-order valence-electron chi connectivity index (χ4n) is 7.06. The molecule has 0 radical (unpaired) electrons. The normalized spacial score (nSPS) is 32.8. The zero-order chi connectivity index (χ0) is 24.4. The van der Waals surface area contributed by atoms with Crippen molar-refractivity contribution >= 4 is 6.08 Å². The molecular weight excluding hydrogens is 444 g/mol. The van der Waals surface area contributed by atoms with Crippen LogP contribution in [0.5, 0.6) is 0 Å². The molecule has 4 aliphatic carbocycles. The Morgan fingerprint density at radius 2 is 1.67 bits per heavy atom. The van der Waals surface area contributed by atoms with Gasteiger partial charge in [-0.25, -0.2) is 0 Å². The predicted molar refractivity (Wildman–Crippen MR) is 146 cm³/mol. The average molecular weight is 487 g/mol. The number of hydrogen-bond acceptors (Lipinski definition) is 3. The predicted octanol–water partition coefficient (Wildman–Crippen LogP) is 7.93.